The van der Waals surface area contributed by atoms with Crippen LogP contribution in [0.2, 0.25) is 0 Å². The van der Waals surface area contributed by atoms with Gasteiger partial charge in [-0.25, -0.2) is 8.78 Å². The number of carbonyl (C=O) groups is 1. The lowest BCUT2D eigenvalue weighted by Gasteiger charge is -2.34. The Kier molecular flexibility index (Phi) is 7.99. The van der Waals surface area contributed by atoms with Crippen LogP contribution in [0.25, 0.3) is 28.1 Å². The summed E-state index contributed by atoms with van der Waals surface area (Å²) in [5, 5.41) is 14.7. The highest BCUT2D eigenvalue weighted by Gasteiger charge is 2.53. The summed E-state index contributed by atoms with van der Waals surface area (Å²) in [6.45, 7) is 4.33. The van der Waals surface area contributed by atoms with Crippen molar-refractivity contribution in [2.45, 2.75) is 57.3 Å². The van der Waals surface area contributed by atoms with E-state index in [0.717, 1.165) is 77.8 Å². The first-order valence-electron chi connectivity index (χ1n) is 17.4. The standard InChI is InChI=1S/C38H42F2N6O3/c1-3-4-5-24-16-27(47)17-30(31(24)18-39)28-8-9-29-33(32(28)40)42-36(43-34(29)46-19-25-6-7-26(20-46)41-25)49-23-37(10-11-37)21-45-15-13-38(22-45)12-14-44(2)35(38)48/h1,4-5,8-9,16-17,25-26,41,47H,6-7,10-15,18-23H2,2H3/b5-4-. The third kappa shape index (κ3) is 5.79. The SMILES string of the molecule is C#C/C=C\c1cc(O)cc(-c2ccc3c(N4CC5CCC(C4)N5)nc(OCC4(CN5CCC6(CCN(C)C6=O)C5)CC4)nc3c2F)c1CF. The molecule has 2 aromatic carbocycles. The molecule has 1 aliphatic carbocycles. The van der Waals surface area contributed by atoms with Gasteiger partial charge in [0.2, 0.25) is 5.91 Å². The summed E-state index contributed by atoms with van der Waals surface area (Å²) >= 11 is 0. The summed E-state index contributed by atoms with van der Waals surface area (Å²) < 4.78 is 37.6. The third-order valence-electron chi connectivity index (χ3n) is 11.5. The van der Waals surface area contributed by atoms with Gasteiger partial charge in [0, 0.05) is 68.2 Å². The number of aromatic nitrogens is 2. The minimum absolute atomic E-state index is 0.0635. The number of nitrogens with one attached hydrogen (secondary N) is 1. The van der Waals surface area contributed by atoms with Crippen molar-refractivity contribution in [3.63, 3.8) is 0 Å². The molecule has 0 radical (unpaired) electrons. The number of rotatable bonds is 9. The predicted octanol–water partition coefficient (Wildman–Crippen LogP) is 4.91. The molecule has 49 heavy (non-hydrogen) atoms. The molecule has 8 rings (SSSR count). The first-order valence-corrected chi connectivity index (χ1v) is 17.4. The average molecular weight is 669 g/mol. The van der Waals surface area contributed by atoms with Crippen LogP contribution >= 0.6 is 0 Å². The number of anilines is 1. The van der Waals surface area contributed by atoms with E-state index in [-0.39, 0.29) is 50.7 Å². The second-order valence-corrected chi connectivity index (χ2v) is 14.9. The molecule has 1 spiro atoms. The smallest absolute Gasteiger partial charge is 0.319 e. The van der Waals surface area contributed by atoms with E-state index in [9.17, 15) is 14.3 Å². The number of allylic oxidation sites excluding steroid dienone is 1. The minimum Gasteiger partial charge on any atom is -0.508 e. The lowest BCUT2D eigenvalue weighted by Crippen LogP contribution is -2.51. The summed E-state index contributed by atoms with van der Waals surface area (Å²) in [5.41, 5.74) is 0.721. The zero-order valence-electron chi connectivity index (χ0n) is 27.9. The van der Waals surface area contributed by atoms with Gasteiger partial charge in [0.1, 0.15) is 23.8 Å². The van der Waals surface area contributed by atoms with Gasteiger partial charge in [-0.15, -0.1) is 6.42 Å². The summed E-state index contributed by atoms with van der Waals surface area (Å²) in [7, 11) is 1.89. The van der Waals surface area contributed by atoms with Crippen LogP contribution in [0.5, 0.6) is 11.8 Å². The van der Waals surface area contributed by atoms with Crippen LogP contribution < -0.4 is 15.0 Å². The number of phenols is 1. The molecule has 2 bridgehead atoms. The van der Waals surface area contributed by atoms with E-state index in [0.29, 0.717) is 35.5 Å². The number of halogens is 2. The molecule has 1 saturated carbocycles. The van der Waals surface area contributed by atoms with Crippen LogP contribution in [0, 0.1) is 29.0 Å². The Labute approximate surface area is 285 Å². The number of ether oxygens (including phenoxy) is 1. The van der Waals surface area contributed by atoms with Gasteiger partial charge >= 0.3 is 6.01 Å². The number of hydrogen-bond donors (Lipinski definition) is 2. The zero-order valence-corrected chi connectivity index (χ0v) is 27.9. The van der Waals surface area contributed by atoms with Crippen molar-refractivity contribution in [1.29, 1.82) is 0 Å². The van der Waals surface area contributed by atoms with Crippen LogP contribution in [0.15, 0.2) is 30.3 Å². The van der Waals surface area contributed by atoms with Gasteiger partial charge in [-0.1, -0.05) is 12.0 Å². The van der Waals surface area contributed by atoms with Gasteiger partial charge in [0.15, 0.2) is 5.82 Å². The van der Waals surface area contributed by atoms with Crippen molar-refractivity contribution in [1.82, 2.24) is 25.1 Å². The summed E-state index contributed by atoms with van der Waals surface area (Å²) in [5.74, 6) is 2.51. The number of carbonyl (C=O) groups excluding carboxylic acids is 1. The molecule has 5 fully saturated rings. The summed E-state index contributed by atoms with van der Waals surface area (Å²) in [6.07, 6.45) is 14.3. The van der Waals surface area contributed by atoms with Crippen LogP contribution in [-0.4, -0.2) is 95.8 Å². The number of piperazine rings is 1. The highest BCUT2D eigenvalue weighted by Crippen LogP contribution is 2.49. The number of nitrogens with zero attached hydrogens (tertiary/aromatic N) is 5. The zero-order chi connectivity index (χ0) is 33.9. The molecule has 2 N–H and O–H groups in total. The topological polar surface area (TPSA) is 94.1 Å². The Balaban J connectivity index is 1.12. The van der Waals surface area contributed by atoms with E-state index < -0.39 is 12.5 Å². The van der Waals surface area contributed by atoms with Gasteiger partial charge in [-0.3, -0.25) is 4.79 Å². The molecule has 3 unspecified atom stereocenters. The average Bonchev–Trinajstić information content (AvgIpc) is 3.48. The largest absolute Gasteiger partial charge is 0.508 e. The second kappa shape index (κ2) is 12.3. The second-order valence-electron chi connectivity index (χ2n) is 14.9. The maximum atomic E-state index is 16.8. The Morgan fingerprint density at radius 3 is 2.59 bits per heavy atom. The molecule has 5 aliphatic rings. The molecule has 1 amide bonds. The number of benzene rings is 2. The fourth-order valence-electron chi connectivity index (χ4n) is 8.65. The van der Waals surface area contributed by atoms with Crippen molar-refractivity contribution >= 4 is 28.7 Å². The summed E-state index contributed by atoms with van der Waals surface area (Å²) in [6, 6.07) is 6.95. The highest BCUT2D eigenvalue weighted by atomic mass is 19.1. The van der Waals surface area contributed by atoms with E-state index in [4.69, 9.17) is 16.1 Å². The van der Waals surface area contributed by atoms with Crippen molar-refractivity contribution < 1.29 is 23.4 Å². The number of likely N-dealkylation sites (tertiary alicyclic amines) is 2. The number of phenolic OH excluding ortho intramolecular Hbond substituents is 1. The Morgan fingerprint density at radius 2 is 1.90 bits per heavy atom. The van der Waals surface area contributed by atoms with Gasteiger partial charge in [-0.05, 0) is 92.1 Å². The van der Waals surface area contributed by atoms with Crippen LogP contribution in [0.3, 0.4) is 0 Å². The van der Waals surface area contributed by atoms with Crippen molar-refractivity contribution in [3.8, 4) is 35.2 Å². The number of terminal acetylenes is 1. The first-order chi connectivity index (χ1) is 23.7. The molecule has 3 atom stereocenters. The van der Waals surface area contributed by atoms with E-state index in [1.807, 2.05) is 11.9 Å². The molecule has 1 aromatic heterocycles. The number of amides is 1. The first kappa shape index (κ1) is 32.0. The van der Waals surface area contributed by atoms with Crippen LogP contribution in [0.4, 0.5) is 14.6 Å². The third-order valence-corrected chi connectivity index (χ3v) is 11.5. The number of hydrogen-bond acceptors (Lipinski definition) is 8. The van der Waals surface area contributed by atoms with Gasteiger partial charge in [0.05, 0.1) is 12.0 Å². The molecule has 5 heterocycles. The van der Waals surface area contributed by atoms with Crippen molar-refractivity contribution in [2.24, 2.45) is 10.8 Å². The molecule has 256 valence electrons. The minimum atomic E-state index is -0.880. The normalized spacial score (nSPS) is 26.0. The number of alkyl halides is 1. The molecule has 9 nitrogen and oxygen atoms in total. The number of fused-ring (bicyclic) bond motifs is 3. The lowest BCUT2D eigenvalue weighted by atomic mass is 9.85. The summed E-state index contributed by atoms with van der Waals surface area (Å²) in [4.78, 5) is 28.9. The molecule has 4 aliphatic heterocycles. The van der Waals surface area contributed by atoms with E-state index >= 15 is 4.39 Å². The maximum Gasteiger partial charge on any atom is 0.319 e. The van der Waals surface area contributed by atoms with E-state index in [1.54, 1.807) is 12.1 Å². The van der Waals surface area contributed by atoms with Crippen LogP contribution in [0.1, 0.15) is 49.7 Å². The molecule has 4 saturated heterocycles. The van der Waals surface area contributed by atoms with Gasteiger partial charge in [0.25, 0.3) is 0 Å². The van der Waals surface area contributed by atoms with Gasteiger partial charge < -0.3 is 29.9 Å². The Hall–Kier alpha value is -4.27. The molecular formula is C38H42F2N6O3. The Morgan fingerprint density at radius 1 is 1.12 bits per heavy atom. The highest BCUT2D eigenvalue weighted by molar-refractivity contribution is 5.94. The fraction of sp³-hybridized carbons (Fsp3) is 0.500. The molecular weight excluding hydrogens is 626 g/mol. The lowest BCUT2D eigenvalue weighted by molar-refractivity contribution is -0.134. The van der Waals surface area contributed by atoms with Crippen molar-refractivity contribution in [3.05, 3.63) is 47.3 Å². The monoisotopic (exact) mass is 668 g/mol. The van der Waals surface area contributed by atoms with E-state index in [1.165, 1.54) is 24.3 Å². The van der Waals surface area contributed by atoms with Crippen LogP contribution in [-0.2, 0) is 11.5 Å². The fourth-order valence-corrected chi connectivity index (χ4v) is 8.65. The molecule has 11 heteroatoms. The Bertz CT molecular complexity index is 1880. The molecule has 3 aromatic rings. The van der Waals surface area contributed by atoms with Crippen molar-refractivity contribution in [2.75, 3.05) is 57.8 Å². The quantitative estimate of drug-likeness (QED) is 0.311. The van der Waals surface area contributed by atoms with Gasteiger partial charge in [-0.2, -0.15) is 9.97 Å². The predicted molar refractivity (Wildman–Crippen MR) is 184 cm³/mol. The van der Waals surface area contributed by atoms with E-state index in [2.05, 4.69) is 26.0 Å². The maximum absolute atomic E-state index is 16.8. The number of aromatic hydroxyl groups is 1.